The molecule has 1 heterocycles. The van der Waals surface area contributed by atoms with E-state index in [1.807, 2.05) is 32.8 Å². The normalized spacial score (nSPS) is 20.3. The molecule has 12 nitrogen and oxygen atoms in total. The molecule has 48 heavy (non-hydrogen) atoms. The first-order valence-electron chi connectivity index (χ1n) is 16.6. The van der Waals surface area contributed by atoms with Crippen molar-refractivity contribution >= 4 is 27.5 Å². The number of hydrogen-bond acceptors (Lipinski definition) is 9. The summed E-state index contributed by atoms with van der Waals surface area (Å²) in [6.45, 7) is 7.29. The lowest BCUT2D eigenvalue weighted by Crippen LogP contribution is -2.48. The molecule has 1 aliphatic rings. The van der Waals surface area contributed by atoms with Crippen LogP contribution in [0.3, 0.4) is 0 Å². The molecule has 0 aliphatic carbocycles. The van der Waals surface area contributed by atoms with Crippen LogP contribution in [0, 0.1) is 5.92 Å². The summed E-state index contributed by atoms with van der Waals surface area (Å²) in [6, 6.07) is 10.1. The summed E-state index contributed by atoms with van der Waals surface area (Å²) in [6.07, 6.45) is 2.94. The van der Waals surface area contributed by atoms with Gasteiger partial charge >= 0.3 is 0 Å². The van der Waals surface area contributed by atoms with Crippen LogP contribution in [0.5, 0.6) is 11.5 Å². The van der Waals surface area contributed by atoms with Gasteiger partial charge in [0.25, 0.3) is 15.9 Å². The minimum absolute atomic E-state index is 0.0354. The molecule has 0 saturated heterocycles. The zero-order valence-corrected chi connectivity index (χ0v) is 30.3. The highest BCUT2D eigenvalue weighted by Gasteiger charge is 2.31. The number of anilines is 1. The van der Waals surface area contributed by atoms with Gasteiger partial charge in [-0.3, -0.25) is 14.3 Å². The van der Waals surface area contributed by atoms with Crippen LogP contribution < -0.4 is 14.2 Å². The van der Waals surface area contributed by atoms with Gasteiger partial charge in [0.2, 0.25) is 5.91 Å². The topological polar surface area (TPSA) is 138 Å². The Kier molecular flexibility index (Phi) is 15.0. The molecule has 4 atom stereocenters. The largest absolute Gasteiger partial charge is 0.497 e. The summed E-state index contributed by atoms with van der Waals surface area (Å²) < 4.78 is 46.8. The Morgan fingerprint density at radius 1 is 1.12 bits per heavy atom. The van der Waals surface area contributed by atoms with Crippen LogP contribution in [-0.2, 0) is 19.6 Å². The van der Waals surface area contributed by atoms with Crippen LogP contribution >= 0.6 is 0 Å². The molecule has 0 saturated carbocycles. The highest BCUT2D eigenvalue weighted by Crippen LogP contribution is 2.30. The van der Waals surface area contributed by atoms with Gasteiger partial charge in [-0.05, 0) is 103 Å². The number of benzene rings is 2. The lowest BCUT2D eigenvalue weighted by atomic mass is 10.0. The van der Waals surface area contributed by atoms with Crippen LogP contribution in [0.4, 0.5) is 5.69 Å². The molecule has 0 unspecified atom stereocenters. The zero-order valence-electron chi connectivity index (χ0n) is 29.5. The molecule has 2 aromatic rings. The van der Waals surface area contributed by atoms with Crippen molar-refractivity contribution in [3.8, 4) is 11.5 Å². The number of nitrogens with one attached hydrogen (secondary N) is 1. The molecule has 2 amide bonds. The number of ether oxygens (including phenoxy) is 3. The van der Waals surface area contributed by atoms with E-state index in [0.29, 0.717) is 37.5 Å². The first-order valence-corrected chi connectivity index (χ1v) is 18.1. The first-order chi connectivity index (χ1) is 22.7. The van der Waals surface area contributed by atoms with Crippen molar-refractivity contribution < 1.29 is 37.3 Å². The summed E-state index contributed by atoms with van der Waals surface area (Å²) in [4.78, 5) is 32.7. The van der Waals surface area contributed by atoms with Crippen molar-refractivity contribution in [2.24, 2.45) is 5.92 Å². The van der Waals surface area contributed by atoms with Crippen LogP contribution in [0.2, 0.25) is 0 Å². The number of rotatable bonds is 12. The van der Waals surface area contributed by atoms with E-state index in [2.05, 4.69) is 4.72 Å². The SMILES string of the molecule is COc1ccc(S(=O)(=O)Nc2ccc3c(c2)C(=O)N([C@@H](C)CO)C[C@@H](C)[C@@H](CN(C)C(=O)CCCN(C)C)OCCCC[C@@H](C)O3)cc1. The van der Waals surface area contributed by atoms with Crippen molar-refractivity contribution in [2.75, 3.05) is 65.8 Å². The Morgan fingerprint density at radius 3 is 2.48 bits per heavy atom. The molecule has 0 aromatic heterocycles. The Hall–Kier alpha value is -3.39. The van der Waals surface area contributed by atoms with Crippen molar-refractivity contribution in [3.63, 3.8) is 0 Å². The number of sulfonamides is 1. The van der Waals surface area contributed by atoms with E-state index < -0.39 is 22.0 Å². The van der Waals surface area contributed by atoms with Gasteiger partial charge in [0.15, 0.2) is 0 Å². The Morgan fingerprint density at radius 2 is 1.83 bits per heavy atom. The standard InChI is InChI=1S/C35H54N4O8S/c1-25-22-39(26(2)24-40)35(42)31-21-28(36-48(43,44)30-16-14-29(45-7)15-17-30)13-18-32(31)47-27(3)11-8-9-20-46-33(25)23-38(6)34(41)12-10-19-37(4)5/h13-18,21,25-27,33,36,40H,8-12,19-20,22-24H2,1-7H3/t25-,26+,27-,33-/m1/s1. The molecule has 2 aromatic carbocycles. The predicted octanol–water partition coefficient (Wildman–Crippen LogP) is 4.09. The molecular weight excluding hydrogens is 636 g/mol. The number of aliphatic hydroxyl groups is 1. The average molecular weight is 691 g/mol. The third kappa shape index (κ3) is 11.4. The van der Waals surface area contributed by atoms with Gasteiger partial charge in [-0.15, -0.1) is 0 Å². The number of amides is 2. The number of fused-ring (bicyclic) bond motifs is 1. The van der Waals surface area contributed by atoms with Gasteiger partial charge in [0.05, 0.1) is 42.4 Å². The van der Waals surface area contributed by atoms with Gasteiger partial charge < -0.3 is 34.0 Å². The maximum atomic E-state index is 14.4. The number of nitrogens with zero attached hydrogens (tertiary/aromatic N) is 3. The summed E-state index contributed by atoms with van der Waals surface area (Å²) in [5.41, 5.74) is 0.363. The van der Waals surface area contributed by atoms with Gasteiger partial charge in [-0.25, -0.2) is 8.42 Å². The maximum absolute atomic E-state index is 14.4. The zero-order chi connectivity index (χ0) is 35.4. The van der Waals surface area contributed by atoms with Crippen molar-refractivity contribution in [1.29, 1.82) is 0 Å². The molecule has 2 N–H and O–H groups in total. The fourth-order valence-corrected chi connectivity index (χ4v) is 6.58. The van der Waals surface area contributed by atoms with E-state index in [1.54, 1.807) is 48.0 Å². The Bertz CT molecular complexity index is 1440. The number of likely N-dealkylation sites (N-methyl/N-ethyl adjacent to an activating group) is 1. The molecule has 268 valence electrons. The van der Waals surface area contributed by atoms with Crippen LogP contribution in [-0.4, -0.2) is 119 Å². The van der Waals surface area contributed by atoms with E-state index in [-0.39, 0.29) is 53.3 Å². The fourth-order valence-electron chi connectivity index (χ4n) is 5.53. The molecule has 1 aliphatic heterocycles. The second kappa shape index (κ2) is 18.4. The molecule has 0 fully saturated rings. The summed E-state index contributed by atoms with van der Waals surface area (Å²) in [7, 11) is 3.25. The number of aliphatic hydroxyl groups excluding tert-OH is 1. The van der Waals surface area contributed by atoms with E-state index in [0.717, 1.165) is 25.8 Å². The predicted molar refractivity (Wildman–Crippen MR) is 186 cm³/mol. The lowest BCUT2D eigenvalue weighted by Gasteiger charge is -2.36. The molecule has 3 rings (SSSR count). The van der Waals surface area contributed by atoms with Gasteiger partial charge in [-0.2, -0.15) is 0 Å². The number of hydrogen-bond donors (Lipinski definition) is 2. The quantitative estimate of drug-likeness (QED) is 0.337. The van der Waals surface area contributed by atoms with E-state index >= 15 is 0 Å². The summed E-state index contributed by atoms with van der Waals surface area (Å²) in [5.74, 6) is 0.266. The monoisotopic (exact) mass is 690 g/mol. The minimum Gasteiger partial charge on any atom is -0.497 e. The highest BCUT2D eigenvalue weighted by atomic mass is 32.2. The van der Waals surface area contributed by atoms with Crippen molar-refractivity contribution in [2.45, 2.75) is 76.0 Å². The number of carbonyl (C=O) groups excluding carboxylic acids is 2. The fraction of sp³-hybridized carbons (Fsp3) is 0.600. The van der Waals surface area contributed by atoms with E-state index in [1.165, 1.54) is 25.3 Å². The minimum atomic E-state index is -3.98. The summed E-state index contributed by atoms with van der Waals surface area (Å²) >= 11 is 0. The second-order valence-electron chi connectivity index (χ2n) is 13.0. The van der Waals surface area contributed by atoms with E-state index in [4.69, 9.17) is 14.2 Å². The molecule has 13 heteroatoms. The second-order valence-corrected chi connectivity index (χ2v) is 14.7. The molecule has 0 spiro atoms. The number of methoxy groups -OCH3 is 1. The smallest absolute Gasteiger partial charge is 0.261 e. The first kappa shape index (κ1) is 39.1. The lowest BCUT2D eigenvalue weighted by molar-refractivity contribution is -0.132. The number of carbonyl (C=O) groups is 2. The summed E-state index contributed by atoms with van der Waals surface area (Å²) in [5, 5.41) is 10.2. The van der Waals surface area contributed by atoms with Crippen LogP contribution in [0.1, 0.15) is 63.2 Å². The Labute approximate surface area is 286 Å². The molecule has 0 radical (unpaired) electrons. The van der Waals surface area contributed by atoms with Crippen molar-refractivity contribution in [1.82, 2.24) is 14.7 Å². The highest BCUT2D eigenvalue weighted by molar-refractivity contribution is 7.92. The molecular formula is C35H54N4O8S. The maximum Gasteiger partial charge on any atom is 0.261 e. The van der Waals surface area contributed by atoms with Crippen molar-refractivity contribution in [3.05, 3.63) is 48.0 Å². The average Bonchev–Trinajstić information content (AvgIpc) is 3.05. The van der Waals surface area contributed by atoms with Gasteiger partial charge in [0.1, 0.15) is 11.5 Å². The third-order valence-corrected chi connectivity index (χ3v) is 9.95. The molecule has 0 bridgehead atoms. The van der Waals surface area contributed by atoms with Crippen LogP contribution in [0.15, 0.2) is 47.4 Å². The third-order valence-electron chi connectivity index (χ3n) is 8.55. The van der Waals surface area contributed by atoms with Gasteiger partial charge in [0, 0.05) is 44.8 Å². The van der Waals surface area contributed by atoms with Crippen LogP contribution in [0.25, 0.3) is 0 Å². The Balaban J connectivity index is 1.93. The van der Waals surface area contributed by atoms with E-state index in [9.17, 15) is 23.1 Å². The van der Waals surface area contributed by atoms with Gasteiger partial charge in [-0.1, -0.05) is 6.92 Å².